The van der Waals surface area contributed by atoms with Crippen LogP contribution in [0.25, 0.3) is 10.9 Å². The molecule has 0 aliphatic heterocycles. The number of aromatic nitrogens is 1. The molecule has 0 fully saturated rings. The van der Waals surface area contributed by atoms with Crippen LogP contribution in [0.5, 0.6) is 0 Å². The smallest absolute Gasteiger partial charge is 0.225 e. The van der Waals surface area contributed by atoms with E-state index in [2.05, 4.69) is 16.9 Å². The van der Waals surface area contributed by atoms with Crippen LogP contribution in [-0.2, 0) is 14.6 Å². The molecule has 0 bridgehead atoms. The standard InChI is InChI=1S/C13H14N2O3S/c1-2-19(17,18)9-7-12(16)15-11-5-3-4-10-6-8-14-13(10)11/h2-6,8,14H,1,7,9H2,(H,15,16). The van der Waals surface area contributed by atoms with E-state index in [0.717, 1.165) is 16.3 Å². The summed E-state index contributed by atoms with van der Waals surface area (Å²) in [5, 5.41) is 4.55. The van der Waals surface area contributed by atoms with E-state index in [1.165, 1.54) is 0 Å². The first-order valence-corrected chi connectivity index (χ1v) is 7.44. The molecule has 2 rings (SSSR count). The topological polar surface area (TPSA) is 79.0 Å². The van der Waals surface area contributed by atoms with Gasteiger partial charge in [-0.05, 0) is 12.1 Å². The van der Waals surface area contributed by atoms with E-state index in [4.69, 9.17) is 0 Å². The first-order valence-electron chi connectivity index (χ1n) is 5.73. The lowest BCUT2D eigenvalue weighted by Gasteiger charge is -2.06. The molecule has 0 saturated heterocycles. The second kappa shape index (κ2) is 5.27. The zero-order valence-corrected chi connectivity index (χ0v) is 11.0. The fourth-order valence-electron chi connectivity index (χ4n) is 1.72. The molecule has 1 amide bonds. The van der Waals surface area contributed by atoms with Crippen LogP contribution in [0, 0.1) is 0 Å². The molecule has 1 aromatic heterocycles. The number of carbonyl (C=O) groups is 1. The van der Waals surface area contributed by atoms with Gasteiger partial charge in [-0.25, -0.2) is 8.42 Å². The number of nitrogens with one attached hydrogen (secondary N) is 2. The maximum atomic E-state index is 11.7. The van der Waals surface area contributed by atoms with Gasteiger partial charge in [-0.1, -0.05) is 18.7 Å². The summed E-state index contributed by atoms with van der Waals surface area (Å²) in [4.78, 5) is 14.7. The highest BCUT2D eigenvalue weighted by Gasteiger charge is 2.11. The van der Waals surface area contributed by atoms with E-state index >= 15 is 0 Å². The third kappa shape index (κ3) is 3.23. The maximum Gasteiger partial charge on any atom is 0.225 e. The molecule has 1 heterocycles. The summed E-state index contributed by atoms with van der Waals surface area (Å²) >= 11 is 0. The summed E-state index contributed by atoms with van der Waals surface area (Å²) < 4.78 is 22.4. The molecule has 0 aliphatic carbocycles. The monoisotopic (exact) mass is 278 g/mol. The SMILES string of the molecule is C=CS(=O)(=O)CCC(=O)Nc1cccc2cc[nH]c12. The fraction of sp³-hybridized carbons (Fsp3) is 0.154. The zero-order valence-electron chi connectivity index (χ0n) is 10.2. The van der Waals surface area contributed by atoms with Crippen LogP contribution in [0.3, 0.4) is 0 Å². The van der Waals surface area contributed by atoms with Crippen molar-refractivity contribution >= 4 is 32.3 Å². The Labute approximate surface area is 111 Å². The number of hydrogen-bond acceptors (Lipinski definition) is 3. The number of hydrogen-bond donors (Lipinski definition) is 2. The Morgan fingerprint density at radius 3 is 2.89 bits per heavy atom. The van der Waals surface area contributed by atoms with Crippen molar-refractivity contribution in [2.45, 2.75) is 6.42 Å². The third-order valence-electron chi connectivity index (χ3n) is 2.73. The van der Waals surface area contributed by atoms with E-state index in [-0.39, 0.29) is 18.1 Å². The summed E-state index contributed by atoms with van der Waals surface area (Å²) in [6.07, 6.45) is 1.69. The van der Waals surface area contributed by atoms with Gasteiger partial charge in [-0.15, -0.1) is 0 Å². The first-order chi connectivity index (χ1) is 9.02. The fourth-order valence-corrected chi connectivity index (χ4v) is 2.36. The normalized spacial score (nSPS) is 11.4. The summed E-state index contributed by atoms with van der Waals surface area (Å²) in [7, 11) is -3.34. The molecule has 1 aromatic carbocycles. The Bertz CT molecular complexity index is 716. The summed E-state index contributed by atoms with van der Waals surface area (Å²) in [6, 6.07) is 7.40. The number of carbonyl (C=O) groups excluding carboxylic acids is 1. The maximum absolute atomic E-state index is 11.7. The molecule has 0 spiro atoms. The van der Waals surface area contributed by atoms with E-state index in [0.29, 0.717) is 5.69 Å². The molecular formula is C13H14N2O3S. The molecule has 19 heavy (non-hydrogen) atoms. The van der Waals surface area contributed by atoms with Crippen molar-refractivity contribution in [1.29, 1.82) is 0 Å². The molecule has 2 N–H and O–H groups in total. The first kappa shape index (κ1) is 13.4. The number of H-pyrrole nitrogens is 1. The summed E-state index contributed by atoms with van der Waals surface area (Å²) in [6.45, 7) is 3.20. The Balaban J connectivity index is 2.07. The van der Waals surface area contributed by atoms with Gasteiger partial charge in [0.25, 0.3) is 0 Å². The van der Waals surface area contributed by atoms with Gasteiger partial charge >= 0.3 is 0 Å². The Morgan fingerprint density at radius 1 is 1.37 bits per heavy atom. The van der Waals surface area contributed by atoms with Crippen molar-refractivity contribution in [3.63, 3.8) is 0 Å². The Kier molecular flexibility index (Phi) is 3.71. The van der Waals surface area contributed by atoms with Crippen LogP contribution in [0.15, 0.2) is 42.4 Å². The number of amides is 1. The highest BCUT2D eigenvalue weighted by atomic mass is 32.2. The van der Waals surface area contributed by atoms with Gasteiger partial charge in [0.2, 0.25) is 5.91 Å². The van der Waals surface area contributed by atoms with E-state index < -0.39 is 9.84 Å². The highest BCUT2D eigenvalue weighted by Crippen LogP contribution is 2.21. The summed E-state index contributed by atoms with van der Waals surface area (Å²) in [5.41, 5.74) is 1.46. The minimum atomic E-state index is -3.34. The number of rotatable bonds is 5. The van der Waals surface area contributed by atoms with E-state index in [9.17, 15) is 13.2 Å². The minimum Gasteiger partial charge on any atom is -0.359 e. The van der Waals surface area contributed by atoms with Crippen molar-refractivity contribution in [2.75, 3.05) is 11.1 Å². The third-order valence-corrected chi connectivity index (χ3v) is 4.01. The molecule has 0 aliphatic rings. The van der Waals surface area contributed by atoms with Crippen molar-refractivity contribution in [1.82, 2.24) is 4.98 Å². The molecule has 0 unspecified atom stereocenters. The molecule has 100 valence electrons. The highest BCUT2D eigenvalue weighted by molar-refractivity contribution is 7.94. The van der Waals surface area contributed by atoms with Crippen LogP contribution in [0.4, 0.5) is 5.69 Å². The summed E-state index contributed by atoms with van der Waals surface area (Å²) in [5.74, 6) is -0.573. The van der Waals surface area contributed by atoms with Crippen LogP contribution in [-0.4, -0.2) is 25.1 Å². The predicted octanol–water partition coefficient (Wildman–Crippen LogP) is 2.05. The number of sulfone groups is 1. The molecule has 6 heteroatoms. The average molecular weight is 278 g/mol. The largest absolute Gasteiger partial charge is 0.359 e. The van der Waals surface area contributed by atoms with Gasteiger partial charge in [0, 0.05) is 23.4 Å². The van der Waals surface area contributed by atoms with Crippen LogP contribution < -0.4 is 5.32 Å². The van der Waals surface area contributed by atoms with Gasteiger partial charge in [0.05, 0.1) is 17.0 Å². The number of anilines is 1. The minimum absolute atomic E-state index is 0.0918. The van der Waals surface area contributed by atoms with Crippen molar-refractivity contribution < 1.29 is 13.2 Å². The van der Waals surface area contributed by atoms with Gasteiger partial charge in [0.15, 0.2) is 9.84 Å². The van der Waals surface area contributed by atoms with Gasteiger partial charge in [-0.2, -0.15) is 0 Å². The molecule has 2 aromatic rings. The Morgan fingerprint density at radius 2 is 2.16 bits per heavy atom. The van der Waals surface area contributed by atoms with Gasteiger partial charge < -0.3 is 10.3 Å². The molecule has 5 nitrogen and oxygen atoms in total. The second-order valence-corrected chi connectivity index (χ2v) is 6.15. The number of fused-ring (bicyclic) bond motifs is 1. The lowest BCUT2D eigenvalue weighted by molar-refractivity contribution is -0.115. The van der Waals surface area contributed by atoms with Crippen LogP contribution >= 0.6 is 0 Å². The van der Waals surface area contributed by atoms with Crippen molar-refractivity contribution in [3.8, 4) is 0 Å². The second-order valence-electron chi connectivity index (χ2n) is 4.08. The van der Waals surface area contributed by atoms with Gasteiger partial charge in [-0.3, -0.25) is 4.79 Å². The van der Waals surface area contributed by atoms with Crippen molar-refractivity contribution in [3.05, 3.63) is 42.4 Å². The quantitative estimate of drug-likeness (QED) is 0.878. The van der Waals surface area contributed by atoms with E-state index in [1.807, 2.05) is 18.2 Å². The zero-order chi connectivity index (χ0) is 13.9. The average Bonchev–Trinajstić information content (AvgIpc) is 2.86. The lowest BCUT2D eigenvalue weighted by atomic mass is 10.2. The van der Waals surface area contributed by atoms with Gasteiger partial charge in [0.1, 0.15) is 0 Å². The lowest BCUT2D eigenvalue weighted by Crippen LogP contribution is -2.16. The number of aromatic amines is 1. The van der Waals surface area contributed by atoms with Crippen LogP contribution in [0.2, 0.25) is 0 Å². The van der Waals surface area contributed by atoms with Crippen LogP contribution in [0.1, 0.15) is 6.42 Å². The number of para-hydroxylation sites is 1. The predicted molar refractivity (Wildman–Crippen MR) is 75.5 cm³/mol. The molecule has 0 radical (unpaired) electrons. The Hall–Kier alpha value is -2.08. The van der Waals surface area contributed by atoms with Crippen molar-refractivity contribution in [2.24, 2.45) is 0 Å². The number of benzene rings is 1. The molecule has 0 atom stereocenters. The van der Waals surface area contributed by atoms with E-state index in [1.54, 1.807) is 12.3 Å². The molecular weight excluding hydrogens is 264 g/mol. The molecule has 0 saturated carbocycles.